The van der Waals surface area contributed by atoms with E-state index in [9.17, 15) is 4.79 Å². The Balaban J connectivity index is 1.52. The van der Waals surface area contributed by atoms with E-state index >= 15 is 0 Å². The Bertz CT molecular complexity index is 744. The summed E-state index contributed by atoms with van der Waals surface area (Å²) in [6.45, 7) is 1.41. The molecule has 1 aromatic heterocycles. The number of amides is 1. The number of hydrogen-bond donors (Lipinski definition) is 3. The smallest absolute Gasteiger partial charge is 0.225 e. The summed E-state index contributed by atoms with van der Waals surface area (Å²) in [4.78, 5) is 20.4. The van der Waals surface area contributed by atoms with E-state index in [1.807, 2.05) is 36.4 Å². The fourth-order valence-electron chi connectivity index (χ4n) is 2.98. The number of fused-ring (bicyclic) bond motifs is 1. The number of para-hydroxylation sites is 1. The minimum absolute atomic E-state index is 0.0589. The number of anilines is 1. The molecule has 0 saturated heterocycles. The van der Waals surface area contributed by atoms with Crippen molar-refractivity contribution in [1.82, 2.24) is 15.6 Å². The van der Waals surface area contributed by atoms with E-state index in [2.05, 4.69) is 32.0 Å². The van der Waals surface area contributed by atoms with E-state index in [4.69, 9.17) is 0 Å². The molecule has 1 aliphatic heterocycles. The molecule has 1 unspecified atom stereocenters. The van der Waals surface area contributed by atoms with Crippen molar-refractivity contribution < 1.29 is 4.79 Å². The molecule has 3 N–H and O–H groups in total. The van der Waals surface area contributed by atoms with Crippen LogP contribution < -0.4 is 16.0 Å². The number of carbonyl (C=O) groups is 1. The van der Waals surface area contributed by atoms with Crippen molar-refractivity contribution in [1.29, 1.82) is 0 Å². The highest BCUT2D eigenvalue weighted by molar-refractivity contribution is 5.94. The zero-order chi connectivity index (χ0) is 17.5. The van der Waals surface area contributed by atoms with Gasteiger partial charge in [0, 0.05) is 56.5 Å². The second-order valence-corrected chi connectivity index (χ2v) is 5.99. The van der Waals surface area contributed by atoms with Crippen LogP contribution >= 0.6 is 0 Å². The highest BCUT2D eigenvalue weighted by Gasteiger charge is 2.24. The van der Waals surface area contributed by atoms with Crippen molar-refractivity contribution in [3.05, 3.63) is 59.9 Å². The summed E-state index contributed by atoms with van der Waals surface area (Å²) in [6, 6.07) is 13.9. The first-order valence-electron chi connectivity index (χ1n) is 8.49. The molecule has 1 aromatic carbocycles. The van der Waals surface area contributed by atoms with Gasteiger partial charge < -0.3 is 16.0 Å². The number of guanidine groups is 1. The van der Waals surface area contributed by atoms with Crippen molar-refractivity contribution in [2.75, 3.05) is 25.5 Å². The molecular formula is C19H23N5O. The lowest BCUT2D eigenvalue weighted by Gasteiger charge is -2.26. The van der Waals surface area contributed by atoms with Gasteiger partial charge in [-0.2, -0.15) is 0 Å². The third-order valence-corrected chi connectivity index (χ3v) is 4.25. The van der Waals surface area contributed by atoms with E-state index in [0.29, 0.717) is 13.0 Å². The van der Waals surface area contributed by atoms with Crippen LogP contribution in [0.2, 0.25) is 0 Å². The van der Waals surface area contributed by atoms with Crippen molar-refractivity contribution in [2.45, 2.75) is 18.8 Å². The Morgan fingerprint density at radius 1 is 1.24 bits per heavy atom. The second kappa shape index (κ2) is 8.28. The molecule has 3 rings (SSSR count). The van der Waals surface area contributed by atoms with E-state index in [1.165, 1.54) is 5.56 Å². The van der Waals surface area contributed by atoms with E-state index in [-0.39, 0.29) is 11.8 Å². The summed E-state index contributed by atoms with van der Waals surface area (Å²) >= 11 is 0. The number of nitrogens with one attached hydrogen (secondary N) is 3. The molecule has 1 atom stereocenters. The molecule has 1 aliphatic rings. The fraction of sp³-hybridized carbons (Fsp3) is 0.316. The molecule has 6 heteroatoms. The minimum Gasteiger partial charge on any atom is -0.356 e. The summed E-state index contributed by atoms with van der Waals surface area (Å²) < 4.78 is 0. The zero-order valence-corrected chi connectivity index (χ0v) is 14.3. The van der Waals surface area contributed by atoms with E-state index < -0.39 is 0 Å². The number of benzene rings is 1. The normalized spacial score (nSPS) is 16.8. The zero-order valence-electron chi connectivity index (χ0n) is 14.3. The largest absolute Gasteiger partial charge is 0.356 e. The molecule has 0 saturated carbocycles. The maximum absolute atomic E-state index is 11.9. The molecule has 0 radical (unpaired) electrons. The molecule has 2 aromatic rings. The first-order chi connectivity index (χ1) is 12.3. The number of aromatic nitrogens is 1. The summed E-state index contributed by atoms with van der Waals surface area (Å²) in [5.41, 5.74) is 3.12. The summed E-state index contributed by atoms with van der Waals surface area (Å²) in [7, 11) is 1.75. The van der Waals surface area contributed by atoms with Crippen LogP contribution in [0.25, 0.3) is 0 Å². The van der Waals surface area contributed by atoms with Crippen LogP contribution in [0, 0.1) is 0 Å². The number of nitrogens with zero attached hydrogens (tertiary/aromatic N) is 2. The molecule has 0 fully saturated rings. The molecule has 2 heterocycles. The van der Waals surface area contributed by atoms with Crippen LogP contribution in [-0.2, 0) is 11.2 Å². The van der Waals surface area contributed by atoms with Crippen molar-refractivity contribution in [2.24, 2.45) is 4.99 Å². The number of pyridine rings is 1. The highest BCUT2D eigenvalue weighted by Crippen LogP contribution is 2.31. The maximum atomic E-state index is 11.9. The van der Waals surface area contributed by atoms with Gasteiger partial charge in [0.2, 0.25) is 5.91 Å². The molecule has 130 valence electrons. The Morgan fingerprint density at radius 2 is 2.08 bits per heavy atom. The SMILES string of the molecule is CN=C(NCCc1ccccn1)NCC1CC(=O)Nc2ccccc21. The molecule has 0 bridgehead atoms. The number of aliphatic imine (C=N–C) groups is 1. The summed E-state index contributed by atoms with van der Waals surface area (Å²) in [5, 5.41) is 9.54. The van der Waals surface area contributed by atoms with Crippen LogP contribution in [0.3, 0.4) is 0 Å². The highest BCUT2D eigenvalue weighted by atomic mass is 16.1. The van der Waals surface area contributed by atoms with E-state index in [0.717, 1.165) is 30.3 Å². The summed E-state index contributed by atoms with van der Waals surface area (Å²) in [6.07, 6.45) is 3.11. The van der Waals surface area contributed by atoms with Gasteiger partial charge in [0.05, 0.1) is 0 Å². The predicted octanol–water partition coefficient (Wildman–Crippen LogP) is 1.92. The van der Waals surface area contributed by atoms with Gasteiger partial charge in [-0.05, 0) is 23.8 Å². The van der Waals surface area contributed by atoms with Gasteiger partial charge in [-0.15, -0.1) is 0 Å². The van der Waals surface area contributed by atoms with Gasteiger partial charge in [0.15, 0.2) is 5.96 Å². The third-order valence-electron chi connectivity index (χ3n) is 4.25. The lowest BCUT2D eigenvalue weighted by atomic mass is 9.90. The second-order valence-electron chi connectivity index (χ2n) is 5.99. The lowest BCUT2D eigenvalue weighted by molar-refractivity contribution is -0.116. The van der Waals surface area contributed by atoms with Crippen molar-refractivity contribution in [3.8, 4) is 0 Å². The Labute approximate surface area is 147 Å². The third kappa shape index (κ3) is 4.56. The average Bonchev–Trinajstić information content (AvgIpc) is 2.65. The van der Waals surface area contributed by atoms with Crippen molar-refractivity contribution in [3.63, 3.8) is 0 Å². The monoisotopic (exact) mass is 337 g/mol. The molecule has 0 spiro atoms. The van der Waals surface area contributed by atoms with Gasteiger partial charge in [-0.1, -0.05) is 24.3 Å². The van der Waals surface area contributed by atoms with Crippen LogP contribution in [0.15, 0.2) is 53.7 Å². The number of rotatable bonds is 5. The Kier molecular flexibility index (Phi) is 5.61. The maximum Gasteiger partial charge on any atom is 0.225 e. The van der Waals surface area contributed by atoms with Gasteiger partial charge >= 0.3 is 0 Å². The topological polar surface area (TPSA) is 78.4 Å². The Hall–Kier alpha value is -2.89. The van der Waals surface area contributed by atoms with Crippen LogP contribution in [0.1, 0.15) is 23.6 Å². The lowest BCUT2D eigenvalue weighted by Crippen LogP contribution is -2.41. The number of carbonyl (C=O) groups excluding carboxylic acids is 1. The Morgan fingerprint density at radius 3 is 2.88 bits per heavy atom. The van der Waals surface area contributed by atoms with Gasteiger partial charge in [-0.3, -0.25) is 14.8 Å². The van der Waals surface area contributed by atoms with Gasteiger partial charge in [0.25, 0.3) is 0 Å². The van der Waals surface area contributed by atoms with Crippen molar-refractivity contribution >= 4 is 17.6 Å². The van der Waals surface area contributed by atoms with E-state index in [1.54, 1.807) is 13.2 Å². The first-order valence-corrected chi connectivity index (χ1v) is 8.49. The molecule has 25 heavy (non-hydrogen) atoms. The molecule has 0 aliphatic carbocycles. The number of hydrogen-bond acceptors (Lipinski definition) is 3. The molecule has 6 nitrogen and oxygen atoms in total. The quantitative estimate of drug-likeness (QED) is 0.575. The van der Waals surface area contributed by atoms with Crippen LogP contribution in [0.5, 0.6) is 0 Å². The van der Waals surface area contributed by atoms with Crippen LogP contribution in [-0.4, -0.2) is 37.0 Å². The van der Waals surface area contributed by atoms with Gasteiger partial charge in [-0.25, -0.2) is 0 Å². The summed E-state index contributed by atoms with van der Waals surface area (Å²) in [5.74, 6) is 0.933. The van der Waals surface area contributed by atoms with Crippen LogP contribution in [0.4, 0.5) is 5.69 Å². The first kappa shape index (κ1) is 17.0. The van der Waals surface area contributed by atoms with Gasteiger partial charge in [0.1, 0.15) is 0 Å². The fourth-order valence-corrected chi connectivity index (χ4v) is 2.98. The molecular weight excluding hydrogens is 314 g/mol. The predicted molar refractivity (Wildman–Crippen MR) is 99.7 cm³/mol. The minimum atomic E-state index is 0.0589. The standard InChI is InChI=1S/C19H23N5O/c1-20-19(22-11-9-15-6-4-5-10-21-15)23-13-14-12-18(25)24-17-8-3-2-7-16(14)17/h2-8,10,14H,9,11-13H2,1H3,(H,24,25)(H2,20,22,23). The molecule has 1 amide bonds. The average molecular weight is 337 g/mol.